The standard InChI is InChI=1S/C28H33N4O6PS/c1-31-29-20-22-8-6-12-25(27(22)33)37-18-16-35-14-15-36-17-19-38-26-13-7-9-23(28(26)34)21-30-32(2)39(31,40)24-10-4-3-5-11-24/h3-13,20-21,33-34H,14-19H2,1-2H3/b29-20+,30-21+. The Morgan fingerprint density at radius 2 is 1.10 bits per heavy atom. The first-order valence-electron chi connectivity index (χ1n) is 12.7. The fourth-order valence-electron chi connectivity index (χ4n) is 3.84. The van der Waals surface area contributed by atoms with Crippen molar-refractivity contribution in [2.45, 2.75) is 0 Å². The van der Waals surface area contributed by atoms with Crippen molar-refractivity contribution in [1.82, 2.24) is 9.56 Å². The Bertz CT molecular complexity index is 1290. The molecule has 0 spiro atoms. The summed E-state index contributed by atoms with van der Waals surface area (Å²) in [6, 6.07) is 20.0. The molecule has 1 aliphatic heterocycles. The second kappa shape index (κ2) is 14.1. The zero-order chi connectivity index (χ0) is 28.4. The molecule has 4 rings (SSSR count). The van der Waals surface area contributed by atoms with Gasteiger partial charge in [-0.25, -0.2) is 9.56 Å². The maximum atomic E-state index is 10.8. The third-order valence-corrected chi connectivity index (χ3v) is 10.8. The Labute approximate surface area is 239 Å². The zero-order valence-electron chi connectivity index (χ0n) is 22.4. The van der Waals surface area contributed by atoms with Crippen LogP contribution in [0.5, 0.6) is 23.0 Å². The van der Waals surface area contributed by atoms with Gasteiger partial charge in [0.2, 0.25) is 0 Å². The van der Waals surface area contributed by atoms with Crippen LogP contribution < -0.4 is 14.8 Å². The number of ether oxygens (including phenoxy) is 4. The molecule has 3 aromatic carbocycles. The van der Waals surface area contributed by atoms with Crippen molar-refractivity contribution in [3.05, 3.63) is 77.9 Å². The van der Waals surface area contributed by atoms with Crippen LogP contribution >= 0.6 is 6.34 Å². The van der Waals surface area contributed by atoms with Crippen molar-refractivity contribution in [2.24, 2.45) is 10.2 Å². The molecule has 40 heavy (non-hydrogen) atoms. The first-order chi connectivity index (χ1) is 19.4. The molecule has 0 aromatic heterocycles. The quantitative estimate of drug-likeness (QED) is 0.414. The lowest BCUT2D eigenvalue weighted by Crippen LogP contribution is -2.27. The first-order valence-corrected chi connectivity index (χ1v) is 15.4. The summed E-state index contributed by atoms with van der Waals surface area (Å²) in [6.07, 6.45) is 0.310. The maximum Gasteiger partial charge on any atom is 0.183 e. The van der Waals surface area contributed by atoms with Gasteiger partial charge in [0.1, 0.15) is 13.2 Å². The molecule has 0 aliphatic carbocycles. The first kappa shape index (κ1) is 29.4. The summed E-state index contributed by atoms with van der Waals surface area (Å²) in [5.41, 5.74) is 0.944. The third kappa shape index (κ3) is 7.11. The van der Waals surface area contributed by atoms with E-state index in [1.54, 1.807) is 72.5 Å². The molecule has 0 saturated heterocycles. The van der Waals surface area contributed by atoms with Crippen molar-refractivity contribution >= 4 is 35.9 Å². The van der Waals surface area contributed by atoms with E-state index in [0.29, 0.717) is 49.1 Å². The summed E-state index contributed by atoms with van der Waals surface area (Å²) in [5, 5.41) is 31.7. The number of nitrogens with zero attached hydrogens (tertiary/aromatic N) is 4. The van der Waals surface area contributed by atoms with E-state index in [1.807, 2.05) is 30.3 Å². The number of benzene rings is 3. The number of aromatic hydroxyl groups is 2. The highest BCUT2D eigenvalue weighted by Crippen LogP contribution is 2.51. The Balaban J connectivity index is 1.69. The molecular formula is C28H33N4O6PS. The van der Waals surface area contributed by atoms with Crippen molar-refractivity contribution in [2.75, 3.05) is 53.7 Å². The molecule has 0 radical (unpaired) electrons. The Morgan fingerprint density at radius 3 is 1.57 bits per heavy atom. The number of phenolic OH excluding ortho intramolecular Hbond substituents is 2. The number of hydrazone groups is 2. The molecular weight excluding hydrogens is 551 g/mol. The molecule has 0 atom stereocenters. The van der Waals surface area contributed by atoms with Crippen LogP contribution in [-0.2, 0) is 21.3 Å². The van der Waals surface area contributed by atoms with E-state index in [1.165, 1.54) is 0 Å². The number of rotatable bonds is 1. The van der Waals surface area contributed by atoms with Gasteiger partial charge < -0.3 is 29.2 Å². The number of hydrogen-bond acceptors (Lipinski definition) is 9. The van der Waals surface area contributed by atoms with Gasteiger partial charge in [-0.05, 0) is 36.1 Å². The van der Waals surface area contributed by atoms with E-state index in [9.17, 15) is 10.2 Å². The average Bonchev–Trinajstić information content (AvgIpc) is 2.97. The van der Waals surface area contributed by atoms with Gasteiger partial charge in [-0.1, -0.05) is 42.5 Å². The normalized spacial score (nSPS) is 18.6. The van der Waals surface area contributed by atoms with Crippen LogP contribution in [0, 0.1) is 0 Å². The smallest absolute Gasteiger partial charge is 0.183 e. The highest BCUT2D eigenvalue weighted by molar-refractivity contribution is 8.15. The van der Waals surface area contributed by atoms with E-state index >= 15 is 0 Å². The maximum absolute atomic E-state index is 10.8. The largest absolute Gasteiger partial charge is 0.504 e. The summed E-state index contributed by atoms with van der Waals surface area (Å²) in [4.78, 5) is 0. The van der Waals surface area contributed by atoms with Crippen molar-refractivity contribution < 1.29 is 29.2 Å². The number of fused-ring (bicyclic) bond motifs is 4. The zero-order valence-corrected chi connectivity index (χ0v) is 24.1. The fourth-order valence-corrected chi connectivity index (χ4v) is 6.44. The molecule has 0 unspecified atom stereocenters. The average molecular weight is 585 g/mol. The predicted octanol–water partition coefficient (Wildman–Crippen LogP) is 3.77. The molecule has 1 heterocycles. The minimum atomic E-state index is -2.77. The van der Waals surface area contributed by atoms with Gasteiger partial charge in [0.15, 0.2) is 29.3 Å². The van der Waals surface area contributed by atoms with Crippen LogP contribution in [0.1, 0.15) is 11.1 Å². The number of phenols is 2. The molecule has 0 saturated carbocycles. The van der Waals surface area contributed by atoms with Crippen LogP contribution in [0.2, 0.25) is 0 Å². The van der Waals surface area contributed by atoms with Crippen LogP contribution in [0.4, 0.5) is 0 Å². The molecule has 4 bridgehead atoms. The van der Waals surface area contributed by atoms with Gasteiger partial charge in [0.05, 0.1) is 38.9 Å². The molecule has 0 amide bonds. The Hall–Kier alpha value is -3.63. The van der Waals surface area contributed by atoms with Crippen molar-refractivity contribution in [1.29, 1.82) is 0 Å². The molecule has 10 nitrogen and oxygen atoms in total. The monoisotopic (exact) mass is 584 g/mol. The SMILES string of the molecule is CN1/N=C/c2cccc(c2O)OCCOCCOCCOc2cccc(c2O)/C=N/N(C)P1(=S)c1ccccc1. The lowest BCUT2D eigenvalue weighted by Gasteiger charge is -2.35. The molecule has 1 aliphatic rings. The topological polar surface area (TPSA) is 109 Å². The second-order valence-electron chi connectivity index (χ2n) is 8.66. The lowest BCUT2D eigenvalue weighted by atomic mass is 10.2. The van der Waals surface area contributed by atoms with Gasteiger partial charge >= 0.3 is 0 Å². The van der Waals surface area contributed by atoms with E-state index in [-0.39, 0.29) is 24.7 Å². The van der Waals surface area contributed by atoms with Crippen LogP contribution in [0.15, 0.2) is 76.9 Å². The predicted molar refractivity (Wildman–Crippen MR) is 160 cm³/mol. The van der Waals surface area contributed by atoms with Gasteiger partial charge in [-0.15, -0.1) is 0 Å². The lowest BCUT2D eigenvalue weighted by molar-refractivity contribution is 0.0269. The minimum Gasteiger partial charge on any atom is -0.504 e. The van der Waals surface area contributed by atoms with Crippen LogP contribution in [-0.4, -0.2) is 85.9 Å². The van der Waals surface area contributed by atoms with Crippen molar-refractivity contribution in [3.8, 4) is 23.0 Å². The highest BCUT2D eigenvalue weighted by atomic mass is 32.4. The summed E-state index contributed by atoms with van der Waals surface area (Å²) in [7, 11) is 3.56. The fraction of sp³-hybridized carbons (Fsp3) is 0.286. The van der Waals surface area contributed by atoms with E-state index in [2.05, 4.69) is 10.2 Å². The summed E-state index contributed by atoms with van der Waals surface area (Å²) >= 11 is 6.24. The van der Waals surface area contributed by atoms with Crippen LogP contribution in [0.3, 0.4) is 0 Å². The van der Waals surface area contributed by atoms with Crippen molar-refractivity contribution in [3.63, 3.8) is 0 Å². The number of hydrogen-bond donors (Lipinski definition) is 2. The number of para-hydroxylation sites is 2. The molecule has 12 heteroatoms. The van der Waals surface area contributed by atoms with E-state index < -0.39 is 6.34 Å². The molecule has 0 fully saturated rings. The van der Waals surface area contributed by atoms with Gasteiger partial charge in [0, 0.05) is 30.5 Å². The van der Waals surface area contributed by atoms with Gasteiger partial charge in [-0.2, -0.15) is 10.2 Å². The van der Waals surface area contributed by atoms with Gasteiger partial charge in [-0.3, -0.25) is 0 Å². The van der Waals surface area contributed by atoms with Crippen LogP contribution in [0.25, 0.3) is 0 Å². The van der Waals surface area contributed by atoms with Gasteiger partial charge in [0.25, 0.3) is 0 Å². The molecule has 212 valence electrons. The summed E-state index contributed by atoms with van der Waals surface area (Å²) in [6.45, 7) is 1.93. The van der Waals surface area contributed by atoms with E-state index in [4.69, 9.17) is 30.8 Å². The molecule has 2 N–H and O–H groups in total. The summed E-state index contributed by atoms with van der Waals surface area (Å²) < 4.78 is 25.9. The minimum absolute atomic E-state index is 0.0314. The Kier molecular flexibility index (Phi) is 10.4. The third-order valence-electron chi connectivity index (χ3n) is 6.01. The highest BCUT2D eigenvalue weighted by Gasteiger charge is 2.29. The Morgan fingerprint density at radius 1 is 0.650 bits per heavy atom. The van der Waals surface area contributed by atoms with E-state index in [0.717, 1.165) is 5.30 Å². The molecule has 3 aromatic rings. The second-order valence-corrected chi connectivity index (χ2v) is 12.9. The summed E-state index contributed by atoms with van der Waals surface area (Å²) in [5.74, 6) is 0.591.